The highest BCUT2D eigenvalue weighted by molar-refractivity contribution is 9.09. The van der Waals surface area contributed by atoms with Crippen LogP contribution in [0.4, 0.5) is 5.69 Å². The van der Waals surface area contributed by atoms with Gasteiger partial charge in [0, 0.05) is 16.6 Å². The fourth-order valence-electron chi connectivity index (χ4n) is 1.27. The van der Waals surface area contributed by atoms with Gasteiger partial charge >= 0.3 is 5.97 Å². The van der Waals surface area contributed by atoms with E-state index in [2.05, 4.69) is 15.9 Å². The average Bonchev–Trinajstić information content (AvgIpc) is 2.26. The summed E-state index contributed by atoms with van der Waals surface area (Å²) in [5.41, 5.74) is 6.11. The first-order chi connectivity index (χ1) is 7.47. The third-order valence-corrected chi connectivity index (χ3v) is 2.84. The Hall–Kier alpha value is -1.11. The Labute approximate surface area is 101 Å². The van der Waals surface area contributed by atoms with E-state index in [1.54, 1.807) is 0 Å². The van der Waals surface area contributed by atoms with Crippen LogP contribution in [0.15, 0.2) is 18.2 Å². The van der Waals surface area contributed by atoms with E-state index in [1.807, 2.05) is 0 Å². The highest BCUT2D eigenvalue weighted by Crippen LogP contribution is 2.25. The first kappa shape index (κ1) is 13.0. The zero-order valence-corrected chi connectivity index (χ0v) is 9.89. The third kappa shape index (κ3) is 2.72. The van der Waals surface area contributed by atoms with E-state index in [0.717, 1.165) is 0 Å². The number of aromatic carboxylic acids is 1. The van der Waals surface area contributed by atoms with Crippen LogP contribution in [0.1, 0.15) is 22.0 Å². The van der Waals surface area contributed by atoms with Crippen molar-refractivity contribution in [1.29, 1.82) is 0 Å². The summed E-state index contributed by atoms with van der Waals surface area (Å²) < 4.78 is 0. The van der Waals surface area contributed by atoms with Gasteiger partial charge in [0.05, 0.1) is 11.7 Å². The standard InChI is InChI=1S/C10H12BrNO4/c11-4-8(13)9(14)6-2-1-5(10(15)16)3-7(6)12/h1-3,8-9,13-14H,4,12H2,(H,15,16). The molecular weight excluding hydrogens is 278 g/mol. The van der Waals surface area contributed by atoms with Gasteiger partial charge in [0.15, 0.2) is 0 Å². The Morgan fingerprint density at radius 3 is 2.50 bits per heavy atom. The summed E-state index contributed by atoms with van der Waals surface area (Å²) in [6, 6.07) is 3.98. The molecule has 2 atom stereocenters. The van der Waals surface area contributed by atoms with Crippen LogP contribution < -0.4 is 5.73 Å². The molecule has 0 amide bonds. The molecule has 1 aromatic rings. The average molecular weight is 290 g/mol. The number of benzene rings is 1. The van der Waals surface area contributed by atoms with Gasteiger partial charge in [0.2, 0.25) is 0 Å². The smallest absolute Gasteiger partial charge is 0.335 e. The van der Waals surface area contributed by atoms with Gasteiger partial charge in [-0.05, 0) is 12.1 Å². The lowest BCUT2D eigenvalue weighted by atomic mass is 10.0. The number of anilines is 1. The number of nitrogens with two attached hydrogens (primary N) is 1. The van der Waals surface area contributed by atoms with Crippen LogP contribution >= 0.6 is 15.9 Å². The molecule has 0 aliphatic carbocycles. The number of hydrogen-bond acceptors (Lipinski definition) is 4. The van der Waals surface area contributed by atoms with Crippen molar-refractivity contribution < 1.29 is 20.1 Å². The predicted molar refractivity (Wildman–Crippen MR) is 62.6 cm³/mol. The van der Waals surface area contributed by atoms with Crippen molar-refractivity contribution in [2.45, 2.75) is 12.2 Å². The number of aliphatic hydroxyl groups is 2. The lowest BCUT2D eigenvalue weighted by Gasteiger charge is -2.17. The highest BCUT2D eigenvalue weighted by atomic mass is 79.9. The minimum Gasteiger partial charge on any atom is -0.478 e. The zero-order valence-electron chi connectivity index (χ0n) is 8.30. The Kier molecular flexibility index (Phi) is 4.28. The summed E-state index contributed by atoms with van der Waals surface area (Å²) in [6.07, 6.45) is -2.12. The monoisotopic (exact) mass is 289 g/mol. The molecule has 1 rings (SSSR count). The van der Waals surface area contributed by atoms with Crippen LogP contribution in [0.3, 0.4) is 0 Å². The number of alkyl halides is 1. The Morgan fingerprint density at radius 1 is 1.44 bits per heavy atom. The molecule has 0 aliphatic rings. The molecule has 0 spiro atoms. The SMILES string of the molecule is Nc1cc(C(=O)O)ccc1C(O)C(O)CBr. The minimum absolute atomic E-state index is 0.0433. The maximum atomic E-state index is 10.6. The quantitative estimate of drug-likeness (QED) is 0.484. The van der Waals surface area contributed by atoms with Gasteiger partial charge in [-0.3, -0.25) is 0 Å². The Balaban J connectivity index is 3.03. The molecule has 0 heterocycles. The first-order valence-corrected chi connectivity index (χ1v) is 5.64. The Morgan fingerprint density at radius 2 is 2.06 bits per heavy atom. The molecule has 0 aliphatic heterocycles. The lowest BCUT2D eigenvalue weighted by molar-refractivity contribution is 0.0347. The van der Waals surface area contributed by atoms with Gasteiger partial charge in [-0.1, -0.05) is 22.0 Å². The van der Waals surface area contributed by atoms with Crippen molar-refractivity contribution >= 4 is 27.6 Å². The van der Waals surface area contributed by atoms with Crippen molar-refractivity contribution in [2.75, 3.05) is 11.1 Å². The van der Waals surface area contributed by atoms with Crippen molar-refractivity contribution in [3.8, 4) is 0 Å². The third-order valence-electron chi connectivity index (χ3n) is 2.17. The number of nitrogen functional groups attached to an aromatic ring is 1. The number of carbonyl (C=O) groups is 1. The molecule has 0 radical (unpaired) electrons. The molecule has 2 unspecified atom stereocenters. The number of rotatable bonds is 4. The summed E-state index contributed by atoms with van der Waals surface area (Å²) in [7, 11) is 0. The van der Waals surface area contributed by atoms with Crippen molar-refractivity contribution in [2.24, 2.45) is 0 Å². The highest BCUT2D eigenvalue weighted by Gasteiger charge is 2.20. The summed E-state index contributed by atoms with van der Waals surface area (Å²) in [5.74, 6) is -1.09. The van der Waals surface area contributed by atoms with Crippen LogP contribution in [-0.4, -0.2) is 32.7 Å². The molecule has 1 aromatic carbocycles. The van der Waals surface area contributed by atoms with Crippen LogP contribution in [0.5, 0.6) is 0 Å². The van der Waals surface area contributed by atoms with Gasteiger partial charge in [-0.25, -0.2) is 4.79 Å². The van der Waals surface area contributed by atoms with Crippen LogP contribution in [0.2, 0.25) is 0 Å². The van der Waals surface area contributed by atoms with E-state index in [4.69, 9.17) is 10.8 Å². The van der Waals surface area contributed by atoms with E-state index in [1.165, 1.54) is 18.2 Å². The molecule has 88 valence electrons. The van der Waals surface area contributed by atoms with Crippen LogP contribution in [0.25, 0.3) is 0 Å². The molecule has 5 N–H and O–H groups in total. The maximum Gasteiger partial charge on any atom is 0.335 e. The van der Waals surface area contributed by atoms with Gasteiger partial charge in [0.1, 0.15) is 6.10 Å². The normalized spacial score (nSPS) is 14.4. The Bertz CT molecular complexity index is 396. The number of aliphatic hydroxyl groups excluding tert-OH is 2. The van der Waals surface area contributed by atoms with E-state index in [-0.39, 0.29) is 16.6 Å². The van der Waals surface area contributed by atoms with E-state index in [0.29, 0.717) is 5.56 Å². The second-order valence-corrected chi connectivity index (χ2v) is 3.96. The van der Waals surface area contributed by atoms with Crippen molar-refractivity contribution in [3.05, 3.63) is 29.3 Å². The summed E-state index contributed by atoms with van der Waals surface area (Å²) >= 11 is 3.03. The van der Waals surface area contributed by atoms with Crippen LogP contribution in [0, 0.1) is 0 Å². The van der Waals surface area contributed by atoms with Crippen LogP contribution in [-0.2, 0) is 0 Å². The van der Waals surface area contributed by atoms with E-state index in [9.17, 15) is 15.0 Å². The molecule has 6 heteroatoms. The maximum absolute atomic E-state index is 10.6. The number of hydrogen-bond donors (Lipinski definition) is 4. The fraction of sp³-hybridized carbons (Fsp3) is 0.300. The van der Waals surface area contributed by atoms with Crippen molar-refractivity contribution in [3.63, 3.8) is 0 Å². The zero-order chi connectivity index (χ0) is 12.3. The second-order valence-electron chi connectivity index (χ2n) is 3.32. The second kappa shape index (κ2) is 5.29. The van der Waals surface area contributed by atoms with Crippen molar-refractivity contribution in [1.82, 2.24) is 0 Å². The summed E-state index contributed by atoms with van der Waals surface area (Å²) in [5, 5.41) is 28.0. The molecule has 0 aromatic heterocycles. The lowest BCUT2D eigenvalue weighted by Crippen LogP contribution is -2.20. The van der Waals surface area contributed by atoms with Gasteiger partial charge in [-0.2, -0.15) is 0 Å². The van der Waals surface area contributed by atoms with E-state index < -0.39 is 18.2 Å². The number of halogens is 1. The molecular formula is C10H12BrNO4. The van der Waals surface area contributed by atoms with Gasteiger partial charge in [-0.15, -0.1) is 0 Å². The molecule has 0 saturated heterocycles. The summed E-state index contributed by atoms with van der Waals surface area (Å²) in [4.78, 5) is 10.6. The minimum atomic E-state index is -1.14. The topological polar surface area (TPSA) is 104 Å². The summed E-state index contributed by atoms with van der Waals surface area (Å²) in [6.45, 7) is 0. The largest absolute Gasteiger partial charge is 0.478 e. The molecule has 0 saturated carbocycles. The first-order valence-electron chi connectivity index (χ1n) is 4.52. The molecule has 16 heavy (non-hydrogen) atoms. The number of carboxylic acid groups (broad SMARTS) is 1. The molecule has 0 bridgehead atoms. The van der Waals surface area contributed by atoms with Gasteiger partial charge in [0.25, 0.3) is 0 Å². The fourth-order valence-corrected chi connectivity index (χ4v) is 1.62. The number of carboxylic acids is 1. The molecule has 5 nitrogen and oxygen atoms in total. The molecule has 0 fully saturated rings. The predicted octanol–water partition coefficient (Wildman–Crippen LogP) is 0.756. The van der Waals surface area contributed by atoms with E-state index >= 15 is 0 Å². The van der Waals surface area contributed by atoms with Gasteiger partial charge < -0.3 is 21.1 Å².